The van der Waals surface area contributed by atoms with Crippen molar-refractivity contribution in [1.82, 2.24) is 15.1 Å². The Morgan fingerprint density at radius 3 is 2.95 bits per heavy atom. The molecular weight excluding hydrogens is 261 g/mol. The molecule has 0 unspecified atom stereocenters. The van der Waals surface area contributed by atoms with Gasteiger partial charge in [-0.05, 0) is 6.07 Å². The van der Waals surface area contributed by atoms with Gasteiger partial charge in [0.05, 0.1) is 24.5 Å². The Kier molecular flexibility index (Phi) is 3.47. The second-order valence-electron chi connectivity index (χ2n) is 4.72. The molecule has 6 heteroatoms. The van der Waals surface area contributed by atoms with Gasteiger partial charge >= 0.3 is 0 Å². The smallest absolute Gasteiger partial charge is 0.257 e. The molecule has 1 aliphatic rings. The number of H-pyrrole nitrogens is 1. The van der Waals surface area contributed by atoms with Crippen LogP contribution < -0.4 is 0 Å². The third-order valence-electron chi connectivity index (χ3n) is 3.31. The highest BCUT2D eigenvalue weighted by Crippen LogP contribution is 2.17. The number of halogens is 1. The maximum atomic E-state index is 13.4. The predicted molar refractivity (Wildman–Crippen MR) is 69.5 cm³/mol. The first-order chi connectivity index (χ1) is 9.74. The molecule has 1 aliphatic heterocycles. The van der Waals surface area contributed by atoms with Crippen LogP contribution in [0.15, 0.2) is 36.7 Å². The van der Waals surface area contributed by atoms with Crippen molar-refractivity contribution < 1.29 is 13.9 Å². The average molecular weight is 275 g/mol. The van der Waals surface area contributed by atoms with E-state index in [0.29, 0.717) is 24.2 Å². The molecule has 5 nitrogen and oxygen atoms in total. The minimum atomic E-state index is -0.266. The lowest BCUT2D eigenvalue weighted by Crippen LogP contribution is -2.54. The maximum absolute atomic E-state index is 13.4. The number of nitrogens with zero attached hydrogens (tertiary/aromatic N) is 2. The normalized spacial score (nSPS) is 15.2. The van der Waals surface area contributed by atoms with E-state index in [4.69, 9.17) is 4.74 Å². The Balaban J connectivity index is 1.47. The van der Waals surface area contributed by atoms with Gasteiger partial charge in [0.1, 0.15) is 5.82 Å². The zero-order chi connectivity index (χ0) is 13.9. The Labute approximate surface area is 115 Å². The summed E-state index contributed by atoms with van der Waals surface area (Å²) in [6.07, 6.45) is 3.02. The lowest BCUT2D eigenvalue weighted by Gasteiger charge is -2.38. The summed E-state index contributed by atoms with van der Waals surface area (Å²) in [5.74, 6) is -0.331. The van der Waals surface area contributed by atoms with E-state index in [2.05, 4.69) is 10.2 Å². The Morgan fingerprint density at radius 2 is 2.25 bits per heavy atom. The molecule has 0 spiro atoms. The number of aromatic nitrogens is 2. The topological polar surface area (TPSA) is 58.2 Å². The second kappa shape index (κ2) is 5.42. The Morgan fingerprint density at radius 1 is 1.45 bits per heavy atom. The summed E-state index contributed by atoms with van der Waals surface area (Å²) in [6.45, 7) is 1.28. The van der Waals surface area contributed by atoms with E-state index in [0.717, 1.165) is 0 Å². The number of benzene rings is 1. The lowest BCUT2D eigenvalue weighted by atomic mass is 10.1. The second-order valence-corrected chi connectivity index (χ2v) is 4.72. The number of aromatic amines is 1. The highest BCUT2D eigenvalue weighted by Gasteiger charge is 2.32. The van der Waals surface area contributed by atoms with Crippen molar-refractivity contribution in [1.29, 1.82) is 0 Å². The number of ether oxygens (including phenoxy) is 1. The number of hydrogen-bond acceptors (Lipinski definition) is 3. The summed E-state index contributed by atoms with van der Waals surface area (Å²) >= 11 is 0. The number of carbonyl (C=O) groups excluding carboxylic acids is 1. The third kappa shape index (κ3) is 2.55. The molecule has 104 valence electrons. The van der Waals surface area contributed by atoms with Crippen LogP contribution in [0.2, 0.25) is 0 Å². The van der Waals surface area contributed by atoms with Crippen LogP contribution in [0.1, 0.15) is 15.9 Å². The number of carbonyl (C=O) groups is 1. The molecule has 2 heterocycles. The molecule has 0 aliphatic carbocycles. The first-order valence-electron chi connectivity index (χ1n) is 6.37. The van der Waals surface area contributed by atoms with Crippen LogP contribution in [0.5, 0.6) is 0 Å². The predicted octanol–water partition coefficient (Wildman–Crippen LogP) is 1.59. The fourth-order valence-electron chi connectivity index (χ4n) is 2.08. The number of amides is 1. The molecule has 1 aromatic carbocycles. The van der Waals surface area contributed by atoms with Gasteiger partial charge in [0.2, 0.25) is 0 Å². The van der Waals surface area contributed by atoms with E-state index in [9.17, 15) is 9.18 Å². The molecule has 1 saturated heterocycles. The van der Waals surface area contributed by atoms with Crippen LogP contribution in [0.25, 0.3) is 0 Å². The molecule has 1 aromatic heterocycles. The van der Waals surface area contributed by atoms with Crippen molar-refractivity contribution in [3.63, 3.8) is 0 Å². The Hall–Kier alpha value is -2.21. The maximum Gasteiger partial charge on any atom is 0.257 e. The van der Waals surface area contributed by atoms with E-state index >= 15 is 0 Å². The van der Waals surface area contributed by atoms with Crippen molar-refractivity contribution in [2.45, 2.75) is 12.7 Å². The monoisotopic (exact) mass is 275 g/mol. The van der Waals surface area contributed by atoms with Crippen LogP contribution in [0, 0.1) is 5.82 Å². The number of likely N-dealkylation sites (tertiary alicyclic amines) is 1. The number of rotatable bonds is 4. The molecular formula is C14H14FN3O2. The fourth-order valence-corrected chi connectivity index (χ4v) is 2.08. The molecule has 2 aromatic rings. The standard InChI is InChI=1S/C14H14FN3O2/c15-13-4-2-1-3-10(13)9-20-12-7-18(8-12)14(19)11-5-16-17-6-11/h1-6,12H,7-9H2,(H,16,17). The first kappa shape index (κ1) is 12.8. The SMILES string of the molecule is O=C(c1cn[nH]c1)N1CC(OCc2ccccc2F)C1. The summed E-state index contributed by atoms with van der Waals surface area (Å²) < 4.78 is 19.0. The van der Waals surface area contributed by atoms with Gasteiger partial charge in [-0.3, -0.25) is 9.89 Å². The van der Waals surface area contributed by atoms with Crippen molar-refractivity contribution in [3.8, 4) is 0 Å². The molecule has 0 bridgehead atoms. The van der Waals surface area contributed by atoms with Crippen molar-refractivity contribution in [2.24, 2.45) is 0 Å². The molecule has 0 atom stereocenters. The fraction of sp³-hybridized carbons (Fsp3) is 0.286. The van der Waals surface area contributed by atoms with Crippen LogP contribution in [-0.4, -0.2) is 40.2 Å². The number of hydrogen-bond donors (Lipinski definition) is 1. The molecule has 0 saturated carbocycles. The molecule has 1 N–H and O–H groups in total. The van der Waals surface area contributed by atoms with Crippen LogP contribution in [-0.2, 0) is 11.3 Å². The molecule has 0 radical (unpaired) electrons. The third-order valence-corrected chi connectivity index (χ3v) is 3.31. The zero-order valence-corrected chi connectivity index (χ0v) is 10.8. The van der Waals surface area contributed by atoms with E-state index in [-0.39, 0.29) is 24.4 Å². The van der Waals surface area contributed by atoms with Crippen LogP contribution >= 0.6 is 0 Å². The molecule has 1 fully saturated rings. The zero-order valence-electron chi connectivity index (χ0n) is 10.8. The molecule has 3 rings (SSSR count). The van der Waals surface area contributed by atoms with Gasteiger partial charge in [0.25, 0.3) is 5.91 Å². The first-order valence-corrected chi connectivity index (χ1v) is 6.37. The quantitative estimate of drug-likeness (QED) is 0.922. The highest BCUT2D eigenvalue weighted by molar-refractivity contribution is 5.94. The summed E-state index contributed by atoms with van der Waals surface area (Å²) in [5, 5.41) is 6.35. The number of nitrogens with one attached hydrogen (secondary N) is 1. The van der Waals surface area contributed by atoms with E-state index in [1.807, 2.05) is 0 Å². The van der Waals surface area contributed by atoms with Gasteiger partial charge in [-0.25, -0.2) is 4.39 Å². The summed E-state index contributed by atoms with van der Waals surface area (Å²) in [4.78, 5) is 13.6. The molecule has 20 heavy (non-hydrogen) atoms. The van der Waals surface area contributed by atoms with Crippen LogP contribution in [0.3, 0.4) is 0 Å². The van der Waals surface area contributed by atoms with Crippen molar-refractivity contribution >= 4 is 5.91 Å². The minimum absolute atomic E-state index is 0.0366. The summed E-state index contributed by atoms with van der Waals surface area (Å²) in [6, 6.07) is 6.53. The van der Waals surface area contributed by atoms with E-state index in [1.165, 1.54) is 12.3 Å². The highest BCUT2D eigenvalue weighted by atomic mass is 19.1. The van der Waals surface area contributed by atoms with Gasteiger partial charge in [0, 0.05) is 24.8 Å². The summed E-state index contributed by atoms with van der Waals surface area (Å²) in [5.41, 5.74) is 1.07. The summed E-state index contributed by atoms with van der Waals surface area (Å²) in [7, 11) is 0. The lowest BCUT2D eigenvalue weighted by molar-refractivity contribution is -0.0509. The van der Waals surface area contributed by atoms with Crippen molar-refractivity contribution in [3.05, 3.63) is 53.6 Å². The van der Waals surface area contributed by atoms with Gasteiger partial charge < -0.3 is 9.64 Å². The van der Waals surface area contributed by atoms with Gasteiger partial charge in [-0.15, -0.1) is 0 Å². The van der Waals surface area contributed by atoms with Gasteiger partial charge in [-0.2, -0.15) is 5.10 Å². The minimum Gasteiger partial charge on any atom is -0.370 e. The van der Waals surface area contributed by atoms with Crippen molar-refractivity contribution in [2.75, 3.05) is 13.1 Å². The average Bonchev–Trinajstić information content (AvgIpc) is 2.92. The Bertz CT molecular complexity index is 594. The molecule has 1 amide bonds. The van der Waals surface area contributed by atoms with Gasteiger partial charge in [-0.1, -0.05) is 18.2 Å². The largest absolute Gasteiger partial charge is 0.370 e. The van der Waals surface area contributed by atoms with E-state index in [1.54, 1.807) is 29.3 Å². The van der Waals surface area contributed by atoms with Gasteiger partial charge in [0.15, 0.2) is 0 Å². The van der Waals surface area contributed by atoms with Crippen LogP contribution in [0.4, 0.5) is 4.39 Å². The van der Waals surface area contributed by atoms with E-state index < -0.39 is 0 Å².